The van der Waals surface area contributed by atoms with Gasteiger partial charge in [-0.25, -0.2) is 0 Å². The topological polar surface area (TPSA) is 50.7 Å². The lowest BCUT2D eigenvalue weighted by Gasteiger charge is -2.18. The molecule has 4 heteroatoms. The second kappa shape index (κ2) is 10.0. The summed E-state index contributed by atoms with van der Waals surface area (Å²) in [6.45, 7) is 8.59. The third-order valence-electron chi connectivity index (χ3n) is 2.27. The Balaban J connectivity index is 3.38. The van der Waals surface area contributed by atoms with Crippen LogP contribution in [0.1, 0.15) is 27.2 Å². The van der Waals surface area contributed by atoms with Crippen LogP contribution in [0, 0.1) is 5.92 Å². The molecule has 16 heavy (non-hydrogen) atoms. The predicted octanol–water partition coefficient (Wildman–Crippen LogP) is 1.03. The van der Waals surface area contributed by atoms with Crippen molar-refractivity contribution in [2.75, 3.05) is 33.5 Å². The molecule has 0 aromatic heterocycles. The highest BCUT2D eigenvalue weighted by molar-refractivity contribution is 4.66. The third kappa shape index (κ3) is 10.4. The van der Waals surface area contributed by atoms with E-state index < -0.39 is 6.10 Å². The maximum atomic E-state index is 9.60. The first-order valence-electron chi connectivity index (χ1n) is 6.04. The number of aliphatic hydroxyl groups excluding tert-OH is 1. The zero-order valence-electron chi connectivity index (χ0n) is 11.0. The minimum absolute atomic E-state index is 0.366. The number of hydrogen-bond donors (Lipinski definition) is 2. The first-order valence-corrected chi connectivity index (χ1v) is 6.04. The lowest BCUT2D eigenvalue weighted by molar-refractivity contribution is 0.0129. The van der Waals surface area contributed by atoms with Gasteiger partial charge in [-0.15, -0.1) is 0 Å². The average Bonchev–Trinajstić information content (AvgIpc) is 2.20. The third-order valence-corrected chi connectivity index (χ3v) is 2.27. The van der Waals surface area contributed by atoms with Crippen LogP contribution < -0.4 is 5.32 Å². The second-order valence-corrected chi connectivity index (χ2v) is 4.66. The Hall–Kier alpha value is -0.160. The molecule has 0 aliphatic carbocycles. The van der Waals surface area contributed by atoms with Gasteiger partial charge in [-0.1, -0.05) is 13.8 Å². The molecule has 0 radical (unpaired) electrons. The van der Waals surface area contributed by atoms with Crippen molar-refractivity contribution in [3.05, 3.63) is 0 Å². The summed E-state index contributed by atoms with van der Waals surface area (Å²) in [5.41, 5.74) is 0. The largest absolute Gasteiger partial charge is 0.389 e. The van der Waals surface area contributed by atoms with Crippen molar-refractivity contribution in [3.63, 3.8) is 0 Å². The number of methoxy groups -OCH3 is 1. The van der Waals surface area contributed by atoms with Gasteiger partial charge in [-0.2, -0.15) is 0 Å². The Labute approximate surface area is 99.3 Å². The molecule has 0 aliphatic rings. The highest BCUT2D eigenvalue weighted by Crippen LogP contribution is 2.03. The highest BCUT2D eigenvalue weighted by Gasteiger charge is 2.08. The maximum absolute atomic E-state index is 9.60. The molecule has 2 unspecified atom stereocenters. The summed E-state index contributed by atoms with van der Waals surface area (Å²) in [6, 6.07) is 0.439. The fourth-order valence-corrected chi connectivity index (χ4v) is 1.55. The van der Waals surface area contributed by atoms with E-state index in [1.165, 1.54) is 0 Å². The smallest absolute Gasteiger partial charge is 0.0897 e. The zero-order valence-corrected chi connectivity index (χ0v) is 11.0. The van der Waals surface area contributed by atoms with Crippen molar-refractivity contribution in [3.8, 4) is 0 Å². The number of hydrogen-bond acceptors (Lipinski definition) is 4. The van der Waals surface area contributed by atoms with Gasteiger partial charge in [0.05, 0.1) is 25.9 Å². The molecule has 2 N–H and O–H groups in total. The van der Waals surface area contributed by atoms with Gasteiger partial charge < -0.3 is 19.9 Å². The Kier molecular flexibility index (Phi) is 9.92. The van der Waals surface area contributed by atoms with Crippen LogP contribution in [0.2, 0.25) is 0 Å². The first-order chi connectivity index (χ1) is 7.56. The maximum Gasteiger partial charge on any atom is 0.0897 e. The number of nitrogens with one attached hydrogen (secondary N) is 1. The van der Waals surface area contributed by atoms with Crippen LogP contribution in [0.3, 0.4) is 0 Å². The normalized spacial score (nSPS) is 15.4. The summed E-state index contributed by atoms with van der Waals surface area (Å²) in [4.78, 5) is 0. The monoisotopic (exact) mass is 233 g/mol. The van der Waals surface area contributed by atoms with Gasteiger partial charge in [-0.05, 0) is 19.3 Å². The van der Waals surface area contributed by atoms with Gasteiger partial charge in [0.15, 0.2) is 0 Å². The SMILES string of the molecule is COCCOCC(O)CNC(C)CC(C)C. The Bertz CT molecular complexity index is 153. The summed E-state index contributed by atoms with van der Waals surface area (Å²) in [5.74, 6) is 0.678. The summed E-state index contributed by atoms with van der Waals surface area (Å²) in [7, 11) is 1.63. The van der Waals surface area contributed by atoms with Gasteiger partial charge in [0.2, 0.25) is 0 Å². The van der Waals surface area contributed by atoms with Crippen LogP contribution in [0.5, 0.6) is 0 Å². The van der Waals surface area contributed by atoms with E-state index in [4.69, 9.17) is 9.47 Å². The summed E-state index contributed by atoms with van der Waals surface area (Å²) >= 11 is 0. The average molecular weight is 233 g/mol. The van der Waals surface area contributed by atoms with Crippen molar-refractivity contribution in [1.29, 1.82) is 0 Å². The predicted molar refractivity (Wildman–Crippen MR) is 65.6 cm³/mol. The molecule has 0 rings (SSSR count). The lowest BCUT2D eigenvalue weighted by atomic mass is 10.1. The van der Waals surface area contributed by atoms with E-state index in [9.17, 15) is 5.11 Å². The number of rotatable bonds is 10. The second-order valence-electron chi connectivity index (χ2n) is 4.66. The van der Waals surface area contributed by atoms with E-state index in [1.807, 2.05) is 0 Å². The fourth-order valence-electron chi connectivity index (χ4n) is 1.55. The molecule has 0 amide bonds. The molecule has 0 saturated carbocycles. The molecule has 0 bridgehead atoms. The number of ether oxygens (including phenoxy) is 2. The van der Waals surface area contributed by atoms with Crippen LogP contribution in [0.4, 0.5) is 0 Å². The Morgan fingerprint density at radius 2 is 1.88 bits per heavy atom. The molecule has 0 fully saturated rings. The summed E-state index contributed by atoms with van der Waals surface area (Å²) in [6.07, 6.45) is 0.684. The van der Waals surface area contributed by atoms with Gasteiger partial charge >= 0.3 is 0 Å². The van der Waals surface area contributed by atoms with Gasteiger partial charge in [0.25, 0.3) is 0 Å². The van der Waals surface area contributed by atoms with E-state index in [0.717, 1.165) is 6.42 Å². The van der Waals surface area contributed by atoms with Crippen LogP contribution in [0.15, 0.2) is 0 Å². The van der Waals surface area contributed by atoms with Gasteiger partial charge in [0, 0.05) is 19.7 Å². The molecule has 2 atom stereocenters. The molecule has 98 valence electrons. The highest BCUT2D eigenvalue weighted by atomic mass is 16.5. The van der Waals surface area contributed by atoms with Crippen molar-refractivity contribution in [1.82, 2.24) is 5.32 Å². The van der Waals surface area contributed by atoms with Crippen LogP contribution >= 0.6 is 0 Å². The van der Waals surface area contributed by atoms with Crippen molar-refractivity contribution in [2.45, 2.75) is 39.3 Å². The molecular weight excluding hydrogens is 206 g/mol. The Morgan fingerprint density at radius 3 is 2.44 bits per heavy atom. The van der Waals surface area contributed by atoms with Gasteiger partial charge in [0.1, 0.15) is 0 Å². The molecular formula is C12H27NO3. The van der Waals surface area contributed by atoms with Crippen molar-refractivity contribution < 1.29 is 14.6 Å². The molecule has 0 saturated heterocycles. The molecule has 0 spiro atoms. The summed E-state index contributed by atoms with van der Waals surface area (Å²) in [5, 5.41) is 12.9. The van der Waals surface area contributed by atoms with E-state index in [-0.39, 0.29) is 0 Å². The Morgan fingerprint density at radius 1 is 1.19 bits per heavy atom. The quantitative estimate of drug-likeness (QED) is 0.553. The molecule has 0 aromatic rings. The van der Waals surface area contributed by atoms with Crippen LogP contribution in [-0.4, -0.2) is 50.7 Å². The standard InChI is InChI=1S/C12H27NO3/c1-10(2)7-11(3)13-8-12(14)9-16-6-5-15-4/h10-14H,5-9H2,1-4H3. The fraction of sp³-hybridized carbons (Fsp3) is 1.00. The van der Waals surface area contributed by atoms with Crippen LogP contribution in [-0.2, 0) is 9.47 Å². The molecule has 0 heterocycles. The van der Waals surface area contributed by atoms with Crippen molar-refractivity contribution >= 4 is 0 Å². The lowest BCUT2D eigenvalue weighted by Crippen LogP contribution is -2.36. The molecule has 0 aliphatic heterocycles. The minimum atomic E-state index is -0.438. The minimum Gasteiger partial charge on any atom is -0.389 e. The zero-order chi connectivity index (χ0) is 12.4. The van der Waals surface area contributed by atoms with Gasteiger partial charge in [-0.3, -0.25) is 0 Å². The van der Waals surface area contributed by atoms with Crippen LogP contribution in [0.25, 0.3) is 0 Å². The van der Waals surface area contributed by atoms with E-state index in [2.05, 4.69) is 26.1 Å². The van der Waals surface area contributed by atoms with E-state index in [0.29, 0.717) is 38.3 Å². The molecule has 0 aromatic carbocycles. The van der Waals surface area contributed by atoms with E-state index in [1.54, 1.807) is 7.11 Å². The molecule has 4 nitrogen and oxygen atoms in total. The van der Waals surface area contributed by atoms with E-state index >= 15 is 0 Å². The van der Waals surface area contributed by atoms with Crippen molar-refractivity contribution in [2.24, 2.45) is 5.92 Å². The summed E-state index contributed by atoms with van der Waals surface area (Å²) < 4.78 is 10.1. The first kappa shape index (κ1) is 15.8. The number of aliphatic hydroxyl groups is 1.